The lowest BCUT2D eigenvalue weighted by Gasteiger charge is -2.42. The third kappa shape index (κ3) is 5.99. The Labute approximate surface area is 286 Å². The number of nitrogens with zero attached hydrogens (tertiary/aromatic N) is 4. The normalized spacial score (nSPS) is 20.9. The molecule has 0 spiro atoms. The zero-order valence-electron chi connectivity index (χ0n) is 27.6. The molecule has 48 heavy (non-hydrogen) atoms. The van der Waals surface area contributed by atoms with Crippen LogP contribution in [0.5, 0.6) is 11.5 Å². The fourth-order valence-electron chi connectivity index (χ4n) is 6.94. The minimum absolute atomic E-state index is 0.0122. The van der Waals surface area contributed by atoms with Gasteiger partial charge in [-0.3, -0.25) is 9.69 Å². The van der Waals surface area contributed by atoms with E-state index in [0.717, 1.165) is 31.5 Å². The third-order valence-electron chi connectivity index (χ3n) is 9.46. The van der Waals surface area contributed by atoms with Crippen LogP contribution < -0.4 is 13.8 Å². The lowest BCUT2D eigenvalue weighted by atomic mass is 9.86. The maximum atomic E-state index is 15.0. The van der Waals surface area contributed by atoms with Crippen molar-refractivity contribution in [1.82, 2.24) is 14.7 Å². The Bertz CT molecular complexity index is 1810. The Morgan fingerprint density at radius 2 is 1.65 bits per heavy atom. The molecule has 3 aliphatic rings. The molecule has 3 aromatic carbocycles. The van der Waals surface area contributed by atoms with E-state index in [2.05, 4.69) is 16.8 Å². The van der Waals surface area contributed by atoms with Crippen molar-refractivity contribution in [1.29, 1.82) is 0 Å². The van der Waals surface area contributed by atoms with Gasteiger partial charge >= 0.3 is 6.09 Å². The van der Waals surface area contributed by atoms with Crippen LogP contribution in [0.3, 0.4) is 0 Å². The van der Waals surface area contributed by atoms with Crippen LogP contribution in [0.25, 0.3) is 0 Å². The molecule has 1 unspecified atom stereocenters. The first-order valence-corrected chi connectivity index (χ1v) is 18.0. The number of benzene rings is 3. The van der Waals surface area contributed by atoms with E-state index < -0.39 is 27.6 Å². The number of hydrogen-bond donors (Lipinski definition) is 0. The van der Waals surface area contributed by atoms with E-state index in [1.54, 1.807) is 55.1 Å². The zero-order valence-corrected chi connectivity index (χ0v) is 29.2. The number of anilines is 1. The van der Waals surface area contributed by atoms with Crippen molar-refractivity contribution in [2.45, 2.75) is 43.2 Å². The summed E-state index contributed by atoms with van der Waals surface area (Å²) in [7, 11) is -1.11. The van der Waals surface area contributed by atoms with E-state index in [-0.39, 0.29) is 44.8 Å². The van der Waals surface area contributed by atoms with Gasteiger partial charge < -0.3 is 24.0 Å². The van der Waals surface area contributed by atoms with Crippen LogP contribution in [0.1, 0.15) is 36.5 Å². The molecule has 256 valence electrons. The van der Waals surface area contributed by atoms with Gasteiger partial charge in [0.1, 0.15) is 16.4 Å². The monoisotopic (exact) mass is 696 g/mol. The second kappa shape index (κ2) is 13.6. The highest BCUT2D eigenvalue weighted by Gasteiger charge is 2.61. The number of piperazine rings is 1. The molecule has 6 rings (SSSR count). The van der Waals surface area contributed by atoms with Crippen molar-refractivity contribution >= 4 is 39.3 Å². The molecule has 0 N–H and O–H groups in total. The Morgan fingerprint density at radius 1 is 0.938 bits per heavy atom. The molecule has 0 aromatic heterocycles. The smallest absolute Gasteiger partial charge is 0.411 e. The number of carbonyl (C=O) groups excluding carboxylic acids is 2. The van der Waals surface area contributed by atoms with Gasteiger partial charge in [-0.25, -0.2) is 13.2 Å². The summed E-state index contributed by atoms with van der Waals surface area (Å²) >= 11 is 6.52. The third-order valence-corrected chi connectivity index (χ3v) is 11.4. The number of halogens is 1. The van der Waals surface area contributed by atoms with Crippen molar-refractivity contribution in [3.63, 3.8) is 0 Å². The average molecular weight is 697 g/mol. The molecule has 3 heterocycles. The molecule has 0 radical (unpaired) electrons. The van der Waals surface area contributed by atoms with Crippen molar-refractivity contribution < 1.29 is 32.2 Å². The number of piperidine rings is 1. The van der Waals surface area contributed by atoms with Crippen LogP contribution in [0, 0.1) is 6.92 Å². The number of para-hydroxylation sites is 1. The average Bonchev–Trinajstić information content (AvgIpc) is 3.32. The van der Waals surface area contributed by atoms with E-state index in [0.29, 0.717) is 36.5 Å². The Morgan fingerprint density at radius 3 is 2.33 bits per heavy atom. The van der Waals surface area contributed by atoms with Gasteiger partial charge in [0.05, 0.1) is 25.0 Å². The standard InChI is InChI=1S/C35H41ClN4O7S/c1-5-46-30-9-7-6-8-27(30)35(47-34(42)39-20-18-38(19-21-39)26-14-16-37(3)17-15-26)28-23-25(36)11-12-29(28)40(33(35)41)48(43,44)32-13-10-24(2)22-31(32)45-4/h6-13,22-23,26H,5,14-21H2,1-4H3. The number of amides is 2. The maximum Gasteiger partial charge on any atom is 0.411 e. The maximum absolute atomic E-state index is 15.0. The van der Waals surface area contributed by atoms with E-state index >= 15 is 4.79 Å². The van der Waals surface area contributed by atoms with Crippen LogP contribution >= 0.6 is 11.6 Å². The van der Waals surface area contributed by atoms with Gasteiger partial charge in [0, 0.05) is 42.8 Å². The highest BCUT2D eigenvalue weighted by molar-refractivity contribution is 7.93. The number of carbonyl (C=O) groups is 2. The molecule has 2 fully saturated rings. The van der Waals surface area contributed by atoms with Gasteiger partial charge in [0.25, 0.3) is 15.9 Å². The van der Waals surface area contributed by atoms with Crippen molar-refractivity contribution in [3.05, 3.63) is 82.4 Å². The molecule has 1 atom stereocenters. The second-order valence-corrected chi connectivity index (χ2v) is 14.6. The number of aryl methyl sites for hydroxylation is 1. The van der Waals surface area contributed by atoms with E-state index in [9.17, 15) is 13.2 Å². The number of rotatable bonds is 8. The molecule has 0 aliphatic carbocycles. The molecule has 2 saturated heterocycles. The van der Waals surface area contributed by atoms with Crippen LogP contribution in [0.15, 0.2) is 65.6 Å². The molecule has 3 aromatic rings. The van der Waals surface area contributed by atoms with Gasteiger partial charge in [0.15, 0.2) is 0 Å². The van der Waals surface area contributed by atoms with Gasteiger partial charge in [-0.05, 0) is 88.8 Å². The van der Waals surface area contributed by atoms with Gasteiger partial charge in [-0.1, -0.05) is 35.9 Å². The first-order chi connectivity index (χ1) is 23.0. The lowest BCUT2D eigenvalue weighted by molar-refractivity contribution is -0.132. The van der Waals surface area contributed by atoms with Gasteiger partial charge in [-0.15, -0.1) is 0 Å². The van der Waals surface area contributed by atoms with Gasteiger partial charge in [-0.2, -0.15) is 4.31 Å². The topological polar surface area (TPSA) is 109 Å². The lowest BCUT2D eigenvalue weighted by Crippen LogP contribution is -2.55. The summed E-state index contributed by atoms with van der Waals surface area (Å²) < 4.78 is 47.5. The Hall–Kier alpha value is -3.84. The van der Waals surface area contributed by atoms with Crippen LogP contribution in [0.2, 0.25) is 5.02 Å². The number of methoxy groups -OCH3 is 1. The Kier molecular flexibility index (Phi) is 9.63. The summed E-state index contributed by atoms with van der Waals surface area (Å²) in [5, 5.41) is 0.231. The quantitative estimate of drug-likeness (QED) is 0.326. The summed E-state index contributed by atoms with van der Waals surface area (Å²) in [5.74, 6) is -0.649. The number of fused-ring (bicyclic) bond motifs is 1. The molecule has 2 amide bonds. The van der Waals surface area contributed by atoms with E-state index in [1.807, 2.05) is 0 Å². The minimum atomic E-state index is -4.60. The zero-order chi connectivity index (χ0) is 34.2. The summed E-state index contributed by atoms with van der Waals surface area (Å²) in [6.07, 6.45) is 1.40. The van der Waals surface area contributed by atoms with Crippen molar-refractivity contribution in [2.75, 3.05) is 64.3 Å². The molecule has 13 heteroatoms. The van der Waals surface area contributed by atoms with Crippen molar-refractivity contribution in [2.24, 2.45) is 0 Å². The molecular weight excluding hydrogens is 656 g/mol. The highest BCUT2D eigenvalue weighted by Crippen LogP contribution is 2.52. The summed E-state index contributed by atoms with van der Waals surface area (Å²) in [5.41, 5.74) is -1.15. The number of ether oxygens (including phenoxy) is 3. The largest absolute Gasteiger partial charge is 0.495 e. The molecule has 0 saturated carbocycles. The first kappa shape index (κ1) is 34.0. The highest BCUT2D eigenvalue weighted by atomic mass is 35.5. The molecule has 0 bridgehead atoms. The summed E-state index contributed by atoms with van der Waals surface area (Å²) in [6.45, 7) is 8.03. The molecular formula is C35H41ClN4O7S. The van der Waals surface area contributed by atoms with Gasteiger partial charge in [0.2, 0.25) is 5.60 Å². The van der Waals surface area contributed by atoms with Crippen molar-refractivity contribution in [3.8, 4) is 11.5 Å². The number of likely N-dealkylation sites (tertiary alicyclic amines) is 1. The number of hydrogen-bond acceptors (Lipinski definition) is 9. The van der Waals surface area contributed by atoms with E-state index in [1.165, 1.54) is 31.4 Å². The SMILES string of the molecule is CCOc1ccccc1C1(OC(=O)N2CCN(C3CCN(C)CC3)CC2)C(=O)N(S(=O)(=O)c2ccc(C)cc2OC)c2ccc(Cl)cc21. The second-order valence-electron chi connectivity index (χ2n) is 12.4. The summed E-state index contributed by atoms with van der Waals surface area (Å²) in [4.78, 5) is 35.3. The fraction of sp³-hybridized carbons (Fsp3) is 0.429. The summed E-state index contributed by atoms with van der Waals surface area (Å²) in [6, 6.07) is 16.2. The predicted octanol–water partition coefficient (Wildman–Crippen LogP) is 4.88. The molecule has 3 aliphatic heterocycles. The van der Waals surface area contributed by atoms with Crippen LogP contribution in [0.4, 0.5) is 10.5 Å². The first-order valence-electron chi connectivity index (χ1n) is 16.2. The minimum Gasteiger partial charge on any atom is -0.495 e. The predicted molar refractivity (Wildman–Crippen MR) is 182 cm³/mol. The van der Waals surface area contributed by atoms with E-state index in [4.69, 9.17) is 25.8 Å². The van der Waals surface area contributed by atoms with Crippen LogP contribution in [-0.4, -0.2) is 101 Å². The Balaban J connectivity index is 1.43. The molecule has 11 nitrogen and oxygen atoms in total. The van der Waals surface area contributed by atoms with Crippen LogP contribution in [-0.2, 0) is 25.2 Å². The fourth-order valence-corrected chi connectivity index (χ4v) is 8.71. The number of sulfonamides is 1.